The predicted molar refractivity (Wildman–Crippen MR) is 71.1 cm³/mol. The Hall–Kier alpha value is -1.33. The number of hydrogen-bond donors (Lipinski definition) is 1. The number of rotatable bonds is 4. The second-order valence-corrected chi connectivity index (χ2v) is 4.49. The molecule has 90 valence electrons. The van der Waals surface area contributed by atoms with E-state index in [4.69, 9.17) is 16.3 Å². The van der Waals surface area contributed by atoms with Gasteiger partial charge in [-0.05, 0) is 25.1 Å². The first-order valence-electron chi connectivity index (χ1n) is 5.16. The van der Waals surface area contributed by atoms with E-state index in [-0.39, 0.29) is 0 Å². The van der Waals surface area contributed by atoms with E-state index in [1.165, 1.54) is 11.5 Å². The zero-order valence-corrected chi connectivity index (χ0v) is 11.1. The quantitative estimate of drug-likeness (QED) is 0.925. The third-order valence-corrected chi connectivity index (χ3v) is 3.07. The molecule has 2 aromatic rings. The van der Waals surface area contributed by atoms with Crippen molar-refractivity contribution in [2.45, 2.75) is 6.92 Å². The lowest BCUT2D eigenvalue weighted by atomic mass is 10.2. The molecule has 0 atom stereocenters. The normalized spacial score (nSPS) is 10.3. The van der Waals surface area contributed by atoms with Gasteiger partial charge in [-0.15, -0.1) is 0 Å². The summed E-state index contributed by atoms with van der Waals surface area (Å²) in [5, 5.41) is 4.56. The van der Waals surface area contributed by atoms with Crippen LogP contribution in [-0.4, -0.2) is 23.0 Å². The second-order valence-electron chi connectivity index (χ2n) is 3.30. The number of halogens is 1. The molecule has 0 aliphatic rings. The van der Waals surface area contributed by atoms with Crippen LogP contribution in [0.3, 0.4) is 0 Å². The Morgan fingerprint density at radius 2 is 2.29 bits per heavy atom. The van der Waals surface area contributed by atoms with Crippen LogP contribution in [0.5, 0.6) is 5.75 Å². The van der Waals surface area contributed by atoms with E-state index in [1.54, 1.807) is 19.2 Å². The molecule has 0 aliphatic heterocycles. The molecule has 17 heavy (non-hydrogen) atoms. The van der Waals surface area contributed by atoms with Crippen LogP contribution in [0, 0.1) is 0 Å². The topological polar surface area (TPSA) is 47.0 Å². The minimum atomic E-state index is 0.632. The highest BCUT2D eigenvalue weighted by molar-refractivity contribution is 7.09. The number of nitrogens with zero attached hydrogens (tertiary/aromatic N) is 2. The summed E-state index contributed by atoms with van der Waals surface area (Å²) in [5.41, 5.74) is 0.845. The van der Waals surface area contributed by atoms with Crippen molar-refractivity contribution in [3.8, 4) is 17.1 Å². The van der Waals surface area contributed by atoms with Gasteiger partial charge < -0.3 is 10.1 Å². The monoisotopic (exact) mass is 269 g/mol. The molecule has 0 saturated heterocycles. The number of hydrogen-bond acceptors (Lipinski definition) is 5. The molecule has 4 nitrogen and oxygen atoms in total. The lowest BCUT2D eigenvalue weighted by molar-refractivity contribution is 0.416. The summed E-state index contributed by atoms with van der Waals surface area (Å²) in [7, 11) is 1.60. The Bertz CT molecular complexity index is 515. The summed E-state index contributed by atoms with van der Waals surface area (Å²) in [6, 6.07) is 5.41. The molecule has 0 radical (unpaired) electrons. The number of methoxy groups -OCH3 is 1. The molecule has 0 saturated carbocycles. The maximum Gasteiger partial charge on any atom is 0.202 e. The average molecular weight is 270 g/mol. The molecule has 0 fully saturated rings. The van der Waals surface area contributed by atoms with E-state index >= 15 is 0 Å². The minimum absolute atomic E-state index is 0.632. The third-order valence-electron chi connectivity index (χ3n) is 2.16. The van der Waals surface area contributed by atoms with Gasteiger partial charge in [-0.25, -0.2) is 0 Å². The standard InChI is InChI=1S/C11H12ClN3OS/c1-3-13-11-14-10(15-17-11)8-5-4-7(12)6-9(8)16-2/h4-6H,3H2,1-2H3,(H,13,14,15). The summed E-state index contributed by atoms with van der Waals surface area (Å²) in [6.07, 6.45) is 0. The van der Waals surface area contributed by atoms with Crippen LogP contribution in [0.2, 0.25) is 5.02 Å². The molecular weight excluding hydrogens is 258 g/mol. The van der Waals surface area contributed by atoms with Crippen LogP contribution >= 0.6 is 23.1 Å². The Morgan fingerprint density at radius 1 is 1.47 bits per heavy atom. The molecule has 0 unspecified atom stereocenters. The van der Waals surface area contributed by atoms with E-state index in [1.807, 2.05) is 13.0 Å². The van der Waals surface area contributed by atoms with Crippen molar-refractivity contribution in [3.63, 3.8) is 0 Å². The molecule has 0 amide bonds. The van der Waals surface area contributed by atoms with Crippen LogP contribution in [-0.2, 0) is 0 Å². The maximum atomic E-state index is 5.91. The van der Waals surface area contributed by atoms with Crippen molar-refractivity contribution in [2.24, 2.45) is 0 Å². The van der Waals surface area contributed by atoms with Gasteiger partial charge in [-0.3, -0.25) is 0 Å². The lowest BCUT2D eigenvalue weighted by Crippen LogP contribution is -1.95. The van der Waals surface area contributed by atoms with Gasteiger partial charge in [0.05, 0.1) is 12.7 Å². The molecule has 1 aromatic heterocycles. The van der Waals surface area contributed by atoms with E-state index in [9.17, 15) is 0 Å². The summed E-state index contributed by atoms with van der Waals surface area (Å²) >= 11 is 7.24. The smallest absolute Gasteiger partial charge is 0.202 e. The van der Waals surface area contributed by atoms with Crippen LogP contribution in [0.4, 0.5) is 5.13 Å². The first-order valence-corrected chi connectivity index (χ1v) is 6.31. The van der Waals surface area contributed by atoms with Crippen LogP contribution in [0.15, 0.2) is 18.2 Å². The Morgan fingerprint density at radius 3 is 3.00 bits per heavy atom. The number of benzene rings is 1. The Labute approximate surface area is 109 Å². The molecule has 1 aromatic carbocycles. The third kappa shape index (κ3) is 2.68. The van der Waals surface area contributed by atoms with Crippen LogP contribution in [0.25, 0.3) is 11.4 Å². The summed E-state index contributed by atoms with van der Waals surface area (Å²) in [4.78, 5) is 4.38. The number of nitrogens with one attached hydrogen (secondary N) is 1. The maximum absolute atomic E-state index is 5.91. The molecule has 6 heteroatoms. The first-order chi connectivity index (χ1) is 8.24. The summed E-state index contributed by atoms with van der Waals surface area (Å²) in [5.74, 6) is 1.33. The molecule has 1 heterocycles. The lowest BCUT2D eigenvalue weighted by Gasteiger charge is -2.05. The van der Waals surface area contributed by atoms with Crippen molar-refractivity contribution in [2.75, 3.05) is 19.0 Å². The van der Waals surface area contributed by atoms with Crippen molar-refractivity contribution < 1.29 is 4.74 Å². The summed E-state index contributed by atoms with van der Waals surface area (Å²) in [6.45, 7) is 2.84. The van der Waals surface area contributed by atoms with Crippen molar-refractivity contribution in [3.05, 3.63) is 23.2 Å². The largest absolute Gasteiger partial charge is 0.496 e. The molecule has 0 spiro atoms. The van der Waals surface area contributed by atoms with Gasteiger partial charge in [0, 0.05) is 23.1 Å². The fraction of sp³-hybridized carbons (Fsp3) is 0.273. The van der Waals surface area contributed by atoms with Gasteiger partial charge in [0.1, 0.15) is 5.75 Å². The second kappa shape index (κ2) is 5.33. The Kier molecular flexibility index (Phi) is 3.81. The first kappa shape index (κ1) is 12.1. The van der Waals surface area contributed by atoms with E-state index in [2.05, 4.69) is 14.7 Å². The molecule has 2 rings (SSSR count). The average Bonchev–Trinajstić information content (AvgIpc) is 2.78. The molecule has 0 bridgehead atoms. The SMILES string of the molecule is CCNc1nc(-c2ccc(Cl)cc2OC)ns1. The van der Waals surface area contributed by atoms with E-state index < -0.39 is 0 Å². The van der Waals surface area contributed by atoms with Crippen LogP contribution in [0.1, 0.15) is 6.92 Å². The zero-order chi connectivity index (χ0) is 12.3. The van der Waals surface area contributed by atoms with Gasteiger partial charge in [0.25, 0.3) is 0 Å². The highest BCUT2D eigenvalue weighted by Gasteiger charge is 2.11. The fourth-order valence-corrected chi connectivity index (χ4v) is 2.22. The van der Waals surface area contributed by atoms with Crippen molar-refractivity contribution in [1.82, 2.24) is 9.36 Å². The van der Waals surface area contributed by atoms with Gasteiger partial charge in [0.15, 0.2) is 5.82 Å². The van der Waals surface area contributed by atoms with Gasteiger partial charge in [0.2, 0.25) is 5.13 Å². The molecule has 1 N–H and O–H groups in total. The Balaban J connectivity index is 2.37. The van der Waals surface area contributed by atoms with Crippen molar-refractivity contribution >= 4 is 28.3 Å². The van der Waals surface area contributed by atoms with Crippen LogP contribution < -0.4 is 10.1 Å². The number of ether oxygens (including phenoxy) is 1. The van der Waals surface area contributed by atoms with E-state index in [0.717, 1.165) is 17.2 Å². The minimum Gasteiger partial charge on any atom is -0.496 e. The predicted octanol–water partition coefficient (Wildman–Crippen LogP) is 3.30. The van der Waals surface area contributed by atoms with Gasteiger partial charge >= 0.3 is 0 Å². The number of anilines is 1. The molecular formula is C11H12ClN3OS. The van der Waals surface area contributed by atoms with E-state index in [0.29, 0.717) is 16.6 Å². The summed E-state index contributed by atoms with van der Waals surface area (Å²) < 4.78 is 9.56. The molecule has 0 aliphatic carbocycles. The van der Waals surface area contributed by atoms with Gasteiger partial charge in [-0.2, -0.15) is 9.36 Å². The van der Waals surface area contributed by atoms with Crippen molar-refractivity contribution in [1.29, 1.82) is 0 Å². The highest BCUT2D eigenvalue weighted by atomic mass is 35.5. The zero-order valence-electron chi connectivity index (χ0n) is 9.53. The van der Waals surface area contributed by atoms with Gasteiger partial charge in [-0.1, -0.05) is 11.6 Å². The fourth-order valence-electron chi connectivity index (χ4n) is 1.41. The number of aromatic nitrogens is 2. The highest BCUT2D eigenvalue weighted by Crippen LogP contribution is 2.32.